The summed E-state index contributed by atoms with van der Waals surface area (Å²) >= 11 is 0. The van der Waals surface area contributed by atoms with Crippen LogP contribution >= 0.6 is 0 Å². The van der Waals surface area contributed by atoms with Crippen LogP contribution < -0.4 is 0 Å². The van der Waals surface area contributed by atoms with Gasteiger partial charge in [-0.05, 0) is 33.6 Å². The minimum Gasteiger partial charge on any atom is -0.456 e. The molecule has 5 nitrogen and oxygen atoms in total. The van der Waals surface area contributed by atoms with E-state index in [1.54, 1.807) is 13.1 Å². The molecular formula is C14H15N3O2. The van der Waals surface area contributed by atoms with Gasteiger partial charge in [-0.3, -0.25) is 0 Å². The number of hydrogen-bond donors (Lipinski definition) is 1. The van der Waals surface area contributed by atoms with E-state index in [2.05, 4.69) is 26.8 Å². The molecule has 0 aromatic carbocycles. The van der Waals surface area contributed by atoms with Crippen molar-refractivity contribution < 1.29 is 9.53 Å². The number of aromatic nitrogens is 3. The molecule has 2 rings (SSSR count). The van der Waals surface area contributed by atoms with E-state index in [9.17, 15) is 4.79 Å². The van der Waals surface area contributed by atoms with Crippen LogP contribution in [-0.4, -0.2) is 26.5 Å². The number of nitrogens with zero attached hydrogens (tertiary/aromatic N) is 2. The first-order valence-corrected chi connectivity index (χ1v) is 5.90. The van der Waals surface area contributed by atoms with Crippen LogP contribution in [0.25, 0.3) is 11.0 Å². The molecule has 0 atom stereocenters. The second-order valence-electron chi connectivity index (χ2n) is 5.04. The van der Waals surface area contributed by atoms with Gasteiger partial charge in [0.15, 0.2) is 0 Å². The average Bonchev–Trinajstić information content (AvgIpc) is 2.65. The summed E-state index contributed by atoms with van der Waals surface area (Å²) in [4.78, 5) is 23.3. The van der Waals surface area contributed by atoms with Crippen molar-refractivity contribution in [1.29, 1.82) is 0 Å². The molecule has 0 fully saturated rings. The zero-order valence-corrected chi connectivity index (χ0v) is 11.4. The fourth-order valence-electron chi connectivity index (χ4n) is 1.69. The van der Waals surface area contributed by atoms with Crippen LogP contribution in [0.4, 0.5) is 0 Å². The Balaban J connectivity index is 2.58. The van der Waals surface area contributed by atoms with E-state index in [0.29, 0.717) is 22.3 Å². The topological polar surface area (TPSA) is 67.9 Å². The monoisotopic (exact) mass is 257 g/mol. The Kier molecular flexibility index (Phi) is 3.26. The average molecular weight is 257 g/mol. The molecule has 0 aliphatic carbocycles. The van der Waals surface area contributed by atoms with Crippen LogP contribution in [0.1, 0.15) is 43.7 Å². The Labute approximate surface area is 111 Å². The number of nitrogens with one attached hydrogen (secondary N) is 1. The molecule has 0 radical (unpaired) electrons. The number of carbonyl (C=O) groups excluding carboxylic acids is 1. The number of ether oxygens (including phenoxy) is 1. The van der Waals surface area contributed by atoms with E-state index in [-0.39, 0.29) is 0 Å². The van der Waals surface area contributed by atoms with Crippen molar-refractivity contribution in [2.75, 3.05) is 0 Å². The molecule has 0 bridgehead atoms. The second kappa shape index (κ2) is 4.73. The molecule has 2 aromatic heterocycles. The summed E-state index contributed by atoms with van der Waals surface area (Å²) in [6.45, 7) is 7.17. The molecule has 2 heterocycles. The normalized spacial score (nSPS) is 10.9. The van der Waals surface area contributed by atoms with Crippen molar-refractivity contribution in [2.45, 2.75) is 33.3 Å². The molecule has 19 heavy (non-hydrogen) atoms. The lowest BCUT2D eigenvalue weighted by atomic mass is 10.1. The molecule has 0 saturated heterocycles. The predicted octanol–water partition coefficient (Wildman–Crippen LogP) is 2.28. The molecule has 2 aromatic rings. The Bertz CT molecular complexity index is 684. The third-order valence-corrected chi connectivity index (χ3v) is 2.33. The van der Waals surface area contributed by atoms with Gasteiger partial charge in [-0.15, -0.1) is 0 Å². The van der Waals surface area contributed by atoms with Crippen LogP contribution in [0.5, 0.6) is 0 Å². The Hall–Kier alpha value is -2.35. The predicted molar refractivity (Wildman–Crippen MR) is 71.6 cm³/mol. The van der Waals surface area contributed by atoms with Gasteiger partial charge in [-0.25, -0.2) is 14.8 Å². The first kappa shape index (κ1) is 13.1. The molecule has 0 amide bonds. The number of carbonyl (C=O) groups is 1. The third kappa shape index (κ3) is 2.74. The summed E-state index contributed by atoms with van der Waals surface area (Å²) in [5, 5.41) is 0.620. The lowest BCUT2D eigenvalue weighted by Gasteiger charge is -2.19. The first-order valence-electron chi connectivity index (χ1n) is 5.90. The van der Waals surface area contributed by atoms with Gasteiger partial charge < -0.3 is 9.72 Å². The van der Waals surface area contributed by atoms with Crippen molar-refractivity contribution in [3.63, 3.8) is 0 Å². The minimum atomic E-state index is -0.562. The van der Waals surface area contributed by atoms with Gasteiger partial charge in [0.25, 0.3) is 0 Å². The van der Waals surface area contributed by atoms with Crippen molar-refractivity contribution in [3.05, 3.63) is 23.8 Å². The zero-order chi connectivity index (χ0) is 14.0. The van der Waals surface area contributed by atoms with Crippen molar-refractivity contribution >= 4 is 17.0 Å². The maximum absolute atomic E-state index is 12.3. The highest BCUT2D eigenvalue weighted by Gasteiger charge is 2.24. The second-order valence-corrected chi connectivity index (χ2v) is 5.04. The molecule has 0 spiro atoms. The van der Waals surface area contributed by atoms with E-state index in [4.69, 9.17) is 4.74 Å². The van der Waals surface area contributed by atoms with Crippen molar-refractivity contribution in [1.82, 2.24) is 15.0 Å². The summed E-state index contributed by atoms with van der Waals surface area (Å²) in [5.41, 5.74) is 0.911. The summed E-state index contributed by atoms with van der Waals surface area (Å²) in [7, 11) is 0. The largest absolute Gasteiger partial charge is 0.456 e. The van der Waals surface area contributed by atoms with Gasteiger partial charge in [0.05, 0.1) is 5.39 Å². The van der Waals surface area contributed by atoms with Gasteiger partial charge in [0, 0.05) is 6.20 Å². The summed E-state index contributed by atoms with van der Waals surface area (Å²) in [6.07, 6.45) is 3.00. The smallest absolute Gasteiger partial charge is 0.342 e. The molecule has 1 N–H and O–H groups in total. The summed E-state index contributed by atoms with van der Waals surface area (Å²) in [5.74, 6) is 5.20. The molecular weight excluding hydrogens is 242 g/mol. The number of H-pyrrole nitrogens is 1. The summed E-state index contributed by atoms with van der Waals surface area (Å²) < 4.78 is 5.39. The van der Waals surface area contributed by atoms with Crippen molar-refractivity contribution in [2.24, 2.45) is 0 Å². The molecule has 5 heteroatoms. The van der Waals surface area contributed by atoms with Gasteiger partial charge >= 0.3 is 5.97 Å². The maximum Gasteiger partial charge on any atom is 0.342 e. The molecule has 0 unspecified atom stereocenters. The number of fused-ring (bicyclic) bond motifs is 1. The SMILES string of the molecule is CC#Cc1[nH]c2ncncc2c1C(=O)OC(C)(C)C. The number of hydrogen-bond acceptors (Lipinski definition) is 4. The van der Waals surface area contributed by atoms with E-state index >= 15 is 0 Å². The number of rotatable bonds is 1. The minimum absolute atomic E-state index is 0.389. The van der Waals surface area contributed by atoms with Gasteiger partial charge in [-0.2, -0.15) is 0 Å². The molecule has 0 aliphatic heterocycles. The van der Waals surface area contributed by atoms with Crippen LogP contribution in [0.2, 0.25) is 0 Å². The first-order chi connectivity index (χ1) is 8.92. The maximum atomic E-state index is 12.3. The third-order valence-electron chi connectivity index (χ3n) is 2.33. The van der Waals surface area contributed by atoms with Crippen LogP contribution in [0.15, 0.2) is 12.5 Å². The Morgan fingerprint density at radius 1 is 1.42 bits per heavy atom. The standard InChI is InChI=1S/C14H15N3O2/c1-5-6-10-11(13(18)19-14(2,3)4)9-7-15-8-16-12(9)17-10/h7-8H,1-4H3,(H,15,16,17). The fourth-order valence-corrected chi connectivity index (χ4v) is 1.69. The van der Waals surface area contributed by atoms with Gasteiger partial charge in [0.1, 0.15) is 28.8 Å². The lowest BCUT2D eigenvalue weighted by Crippen LogP contribution is -2.24. The molecule has 98 valence electrons. The van der Waals surface area contributed by atoms with Crippen LogP contribution in [-0.2, 0) is 4.74 Å². The highest BCUT2D eigenvalue weighted by molar-refractivity contribution is 6.05. The van der Waals surface area contributed by atoms with Crippen molar-refractivity contribution in [3.8, 4) is 11.8 Å². The highest BCUT2D eigenvalue weighted by atomic mass is 16.6. The number of aromatic amines is 1. The Morgan fingerprint density at radius 3 is 2.79 bits per heavy atom. The van der Waals surface area contributed by atoms with Gasteiger partial charge in [0.2, 0.25) is 0 Å². The zero-order valence-electron chi connectivity index (χ0n) is 11.4. The van der Waals surface area contributed by atoms with E-state index < -0.39 is 11.6 Å². The lowest BCUT2D eigenvalue weighted by molar-refractivity contribution is 0.00716. The van der Waals surface area contributed by atoms with Gasteiger partial charge in [-0.1, -0.05) is 5.92 Å². The fraction of sp³-hybridized carbons (Fsp3) is 0.357. The van der Waals surface area contributed by atoms with E-state index in [1.807, 2.05) is 20.8 Å². The Morgan fingerprint density at radius 2 is 2.16 bits per heavy atom. The number of esters is 1. The van der Waals surface area contributed by atoms with Crippen LogP contribution in [0, 0.1) is 11.8 Å². The quantitative estimate of drug-likeness (QED) is 0.628. The van der Waals surface area contributed by atoms with Crippen LogP contribution in [0.3, 0.4) is 0 Å². The molecule has 0 aliphatic rings. The van der Waals surface area contributed by atoms with E-state index in [1.165, 1.54) is 6.33 Å². The summed E-state index contributed by atoms with van der Waals surface area (Å²) in [6, 6.07) is 0. The van der Waals surface area contributed by atoms with E-state index in [0.717, 1.165) is 0 Å². The highest BCUT2D eigenvalue weighted by Crippen LogP contribution is 2.22. The molecule has 0 saturated carbocycles.